The van der Waals surface area contributed by atoms with E-state index in [0.29, 0.717) is 6.54 Å². The third kappa shape index (κ3) is 8.38. The number of halogens is 1. The highest BCUT2D eigenvalue weighted by Gasteiger charge is 2.33. The highest BCUT2D eigenvalue weighted by molar-refractivity contribution is 7.92. The molecule has 0 saturated carbocycles. The number of anilines is 1. The molecule has 0 radical (unpaired) electrons. The summed E-state index contributed by atoms with van der Waals surface area (Å²) in [5, 5.41) is 2.94. The Morgan fingerprint density at radius 3 is 2.15 bits per heavy atom. The Labute approximate surface area is 230 Å². The summed E-state index contributed by atoms with van der Waals surface area (Å²) in [4.78, 5) is 29.0. The van der Waals surface area contributed by atoms with Gasteiger partial charge >= 0.3 is 0 Å². The zero-order valence-electron chi connectivity index (χ0n) is 22.8. The molecule has 7 nitrogen and oxygen atoms in total. The zero-order chi connectivity index (χ0) is 28.6. The molecule has 0 aliphatic rings. The van der Waals surface area contributed by atoms with Gasteiger partial charge in [0, 0.05) is 19.5 Å². The third-order valence-electron chi connectivity index (χ3n) is 6.36. The number of carbonyl (C=O) groups excluding carboxylic acids is 2. The summed E-state index contributed by atoms with van der Waals surface area (Å²) in [5.41, 5.74) is 2.36. The van der Waals surface area contributed by atoms with Gasteiger partial charge in [0.1, 0.15) is 18.4 Å². The van der Waals surface area contributed by atoms with Crippen molar-refractivity contribution in [2.75, 3.05) is 23.7 Å². The second kappa shape index (κ2) is 13.4. The third-order valence-corrected chi connectivity index (χ3v) is 7.48. The molecule has 0 spiro atoms. The number of para-hydroxylation sites is 1. The maximum absolute atomic E-state index is 14.7. The maximum atomic E-state index is 14.7. The minimum atomic E-state index is -4.03. The van der Waals surface area contributed by atoms with Gasteiger partial charge < -0.3 is 10.2 Å². The topological polar surface area (TPSA) is 86.8 Å². The first-order valence-electron chi connectivity index (χ1n) is 12.8. The highest BCUT2D eigenvalue weighted by atomic mass is 32.2. The van der Waals surface area contributed by atoms with Crippen LogP contribution in [0.15, 0.2) is 78.9 Å². The number of carbonyl (C=O) groups is 2. The molecule has 1 atom stereocenters. The number of hydrogen-bond donors (Lipinski definition) is 1. The summed E-state index contributed by atoms with van der Waals surface area (Å²) in [6, 6.07) is 21.3. The Morgan fingerprint density at radius 1 is 0.923 bits per heavy atom. The van der Waals surface area contributed by atoms with Crippen LogP contribution < -0.4 is 9.62 Å². The van der Waals surface area contributed by atoms with Crippen LogP contribution in [0, 0.1) is 18.7 Å². The van der Waals surface area contributed by atoms with E-state index in [4.69, 9.17) is 0 Å². The van der Waals surface area contributed by atoms with Gasteiger partial charge in [0.25, 0.3) is 0 Å². The predicted molar refractivity (Wildman–Crippen MR) is 152 cm³/mol. The monoisotopic (exact) mass is 553 g/mol. The molecule has 3 aromatic carbocycles. The average molecular weight is 554 g/mol. The second-order valence-electron chi connectivity index (χ2n) is 10.0. The first kappa shape index (κ1) is 29.8. The summed E-state index contributed by atoms with van der Waals surface area (Å²) in [6.07, 6.45) is 1.15. The quantitative estimate of drug-likeness (QED) is 0.362. The summed E-state index contributed by atoms with van der Waals surface area (Å²) in [5.74, 6) is -1.54. The van der Waals surface area contributed by atoms with E-state index in [1.165, 1.54) is 23.1 Å². The molecule has 0 bridgehead atoms. The van der Waals surface area contributed by atoms with Crippen LogP contribution in [0.25, 0.3) is 0 Å². The first-order chi connectivity index (χ1) is 18.5. The van der Waals surface area contributed by atoms with Gasteiger partial charge in [-0.2, -0.15) is 0 Å². The van der Waals surface area contributed by atoms with Crippen molar-refractivity contribution >= 4 is 27.5 Å². The minimum Gasteiger partial charge on any atom is -0.354 e. The van der Waals surface area contributed by atoms with Crippen LogP contribution in [0.5, 0.6) is 0 Å². The SMILES string of the molecule is Cc1ccccc1CN(C(=O)CN(c1ccccc1F)S(C)(=O)=O)[C@@H](Cc1ccccc1)C(=O)NCC(C)C. The Bertz CT molecular complexity index is 1380. The van der Waals surface area contributed by atoms with E-state index in [1.54, 1.807) is 0 Å². The standard InChI is InChI=1S/C30H36FN3O4S/c1-22(2)19-32-30(36)28(18-24-13-6-5-7-14-24)33(20-25-15-9-8-12-23(25)3)29(35)21-34(39(4,37)38)27-17-11-10-16-26(27)31/h5-17,22,28H,18-21H2,1-4H3,(H,32,36)/t28-/m0/s1. The number of nitrogens with one attached hydrogen (secondary N) is 1. The van der Waals surface area contributed by atoms with Crippen LogP contribution >= 0.6 is 0 Å². The number of benzene rings is 3. The fraction of sp³-hybridized carbons (Fsp3) is 0.333. The fourth-order valence-corrected chi connectivity index (χ4v) is 5.05. The lowest BCUT2D eigenvalue weighted by Gasteiger charge is -2.34. The van der Waals surface area contributed by atoms with Gasteiger partial charge in [-0.3, -0.25) is 13.9 Å². The van der Waals surface area contributed by atoms with Gasteiger partial charge in [0.05, 0.1) is 11.9 Å². The maximum Gasteiger partial charge on any atom is 0.244 e. The molecule has 0 saturated heterocycles. The van der Waals surface area contributed by atoms with E-state index in [1.807, 2.05) is 75.4 Å². The van der Waals surface area contributed by atoms with E-state index in [2.05, 4.69) is 5.32 Å². The smallest absolute Gasteiger partial charge is 0.244 e. The molecule has 1 N–H and O–H groups in total. The van der Waals surface area contributed by atoms with Crippen molar-refractivity contribution in [1.29, 1.82) is 0 Å². The molecule has 3 rings (SSSR count). The van der Waals surface area contributed by atoms with Crippen LogP contribution in [0.3, 0.4) is 0 Å². The molecule has 0 fully saturated rings. The van der Waals surface area contributed by atoms with Crippen LogP contribution in [0.2, 0.25) is 0 Å². The number of hydrogen-bond acceptors (Lipinski definition) is 4. The summed E-state index contributed by atoms with van der Waals surface area (Å²) >= 11 is 0. The molecule has 2 amide bonds. The van der Waals surface area contributed by atoms with E-state index in [9.17, 15) is 22.4 Å². The van der Waals surface area contributed by atoms with Crippen molar-refractivity contribution in [3.8, 4) is 0 Å². The minimum absolute atomic E-state index is 0.0764. The van der Waals surface area contributed by atoms with E-state index in [-0.39, 0.29) is 30.5 Å². The molecule has 0 aliphatic carbocycles. The molecule has 39 heavy (non-hydrogen) atoms. The lowest BCUT2D eigenvalue weighted by Crippen LogP contribution is -2.53. The van der Waals surface area contributed by atoms with Crippen molar-refractivity contribution in [3.05, 3.63) is 101 Å². The van der Waals surface area contributed by atoms with Crippen molar-refractivity contribution in [2.45, 2.75) is 39.8 Å². The van der Waals surface area contributed by atoms with Crippen LogP contribution in [0.1, 0.15) is 30.5 Å². The largest absolute Gasteiger partial charge is 0.354 e. The highest BCUT2D eigenvalue weighted by Crippen LogP contribution is 2.23. The van der Waals surface area contributed by atoms with E-state index >= 15 is 0 Å². The number of sulfonamides is 1. The van der Waals surface area contributed by atoms with Crippen LogP contribution in [-0.4, -0.2) is 50.5 Å². The molecular weight excluding hydrogens is 517 g/mol. The van der Waals surface area contributed by atoms with Gasteiger partial charge in [0.2, 0.25) is 21.8 Å². The van der Waals surface area contributed by atoms with Crippen LogP contribution in [0.4, 0.5) is 10.1 Å². The molecule has 0 unspecified atom stereocenters. The molecular formula is C30H36FN3O4S. The molecule has 9 heteroatoms. The van der Waals surface area contributed by atoms with Crippen molar-refractivity contribution in [1.82, 2.24) is 10.2 Å². The zero-order valence-corrected chi connectivity index (χ0v) is 23.6. The summed E-state index contributed by atoms with van der Waals surface area (Å²) < 4.78 is 40.9. The Kier molecular flexibility index (Phi) is 10.2. The van der Waals surface area contributed by atoms with Crippen molar-refractivity contribution in [3.63, 3.8) is 0 Å². The normalized spacial score (nSPS) is 12.2. The van der Waals surface area contributed by atoms with Gasteiger partial charge in [-0.25, -0.2) is 12.8 Å². The fourth-order valence-electron chi connectivity index (χ4n) is 4.20. The van der Waals surface area contributed by atoms with Gasteiger partial charge in [-0.15, -0.1) is 0 Å². The van der Waals surface area contributed by atoms with Crippen molar-refractivity contribution in [2.24, 2.45) is 5.92 Å². The number of rotatable bonds is 12. The number of amides is 2. The Morgan fingerprint density at radius 2 is 1.54 bits per heavy atom. The van der Waals surface area contributed by atoms with Gasteiger partial charge in [-0.1, -0.05) is 80.6 Å². The average Bonchev–Trinajstić information content (AvgIpc) is 2.89. The second-order valence-corrected chi connectivity index (χ2v) is 11.9. The predicted octanol–water partition coefficient (Wildman–Crippen LogP) is 4.31. The molecule has 0 aliphatic heterocycles. The van der Waals surface area contributed by atoms with Gasteiger partial charge in [-0.05, 0) is 41.7 Å². The summed E-state index contributed by atoms with van der Waals surface area (Å²) in [7, 11) is -4.03. The van der Waals surface area contributed by atoms with E-state index in [0.717, 1.165) is 33.3 Å². The molecule has 3 aromatic rings. The summed E-state index contributed by atoms with van der Waals surface area (Å²) in [6.45, 7) is 5.69. The molecule has 0 heterocycles. The van der Waals surface area contributed by atoms with Crippen LogP contribution in [-0.2, 0) is 32.6 Å². The lowest BCUT2D eigenvalue weighted by molar-refractivity contribution is -0.140. The molecule has 0 aromatic heterocycles. The number of aryl methyl sites for hydroxylation is 1. The molecule has 208 valence electrons. The lowest BCUT2D eigenvalue weighted by atomic mass is 10.0. The Hall–Kier alpha value is -3.72. The number of nitrogens with zero attached hydrogens (tertiary/aromatic N) is 2. The van der Waals surface area contributed by atoms with Gasteiger partial charge in [0.15, 0.2) is 0 Å². The van der Waals surface area contributed by atoms with E-state index < -0.39 is 34.3 Å². The Balaban J connectivity index is 2.06. The van der Waals surface area contributed by atoms with Crippen molar-refractivity contribution < 1.29 is 22.4 Å². The first-order valence-corrected chi connectivity index (χ1v) is 14.7.